The van der Waals surface area contributed by atoms with Crippen LogP contribution in [0, 0.1) is 22.7 Å². The topological polar surface area (TPSA) is 85.6 Å². The quantitative estimate of drug-likeness (QED) is 0.901. The Labute approximate surface area is 122 Å². The molecule has 3 N–H and O–H groups in total. The molecule has 100 valence electrons. The lowest BCUT2D eigenvalue weighted by atomic mass is 10.0. The number of nitrogens with one attached hydrogen (secondary N) is 1. The normalized spacial score (nSPS) is 11.3. The van der Waals surface area contributed by atoms with Crippen LogP contribution < -0.4 is 11.1 Å². The molecule has 0 bridgehead atoms. The molecule has 0 fully saturated rings. The van der Waals surface area contributed by atoms with Gasteiger partial charge in [0.15, 0.2) is 0 Å². The van der Waals surface area contributed by atoms with Gasteiger partial charge in [0.2, 0.25) is 0 Å². The largest absolute Gasteiger partial charge is 0.396 e. The van der Waals surface area contributed by atoms with Crippen LogP contribution in [0.2, 0.25) is 0 Å². The zero-order chi connectivity index (χ0) is 14.5. The fraction of sp³-hybridized carbons (Fsp3) is 0.200. The van der Waals surface area contributed by atoms with E-state index in [0.29, 0.717) is 27.9 Å². The predicted octanol–water partition coefficient (Wildman–Crippen LogP) is 3.29. The molecule has 0 aliphatic carbocycles. The molecular weight excluding hydrogens is 268 g/mol. The number of rotatable bonds is 4. The number of nitriles is 2. The Kier molecular flexibility index (Phi) is 4.24. The van der Waals surface area contributed by atoms with Gasteiger partial charge in [-0.1, -0.05) is 37.3 Å². The summed E-state index contributed by atoms with van der Waals surface area (Å²) in [4.78, 5) is 0.386. The number of nitrogens with two attached hydrogens (primary N) is 1. The summed E-state index contributed by atoms with van der Waals surface area (Å²) in [5.74, 6) is 0.302. The summed E-state index contributed by atoms with van der Waals surface area (Å²) < 4.78 is 0. The van der Waals surface area contributed by atoms with Crippen molar-refractivity contribution in [2.45, 2.75) is 12.8 Å². The van der Waals surface area contributed by atoms with Gasteiger partial charge in [-0.25, -0.2) is 0 Å². The molecule has 0 spiro atoms. The molecule has 0 aliphatic heterocycles. The maximum Gasteiger partial charge on any atom is 0.131 e. The zero-order valence-electron chi connectivity index (χ0n) is 11.1. The van der Waals surface area contributed by atoms with Crippen LogP contribution in [-0.4, -0.2) is 6.54 Å². The van der Waals surface area contributed by atoms with Gasteiger partial charge in [-0.15, -0.1) is 11.3 Å². The van der Waals surface area contributed by atoms with Crippen LogP contribution in [0.1, 0.15) is 28.8 Å². The van der Waals surface area contributed by atoms with Gasteiger partial charge in [0.05, 0.1) is 5.69 Å². The van der Waals surface area contributed by atoms with Gasteiger partial charge in [-0.05, 0) is 11.5 Å². The first-order valence-electron chi connectivity index (χ1n) is 6.18. The number of nitrogens with zero attached hydrogens (tertiary/aromatic N) is 2. The van der Waals surface area contributed by atoms with Gasteiger partial charge < -0.3 is 11.1 Å². The molecule has 0 amide bonds. The Morgan fingerprint density at radius 3 is 2.55 bits per heavy atom. The molecule has 0 saturated heterocycles. The second-order valence-corrected chi connectivity index (χ2v) is 5.49. The Morgan fingerprint density at radius 1 is 1.25 bits per heavy atom. The summed E-state index contributed by atoms with van der Waals surface area (Å²) in [7, 11) is 0. The highest BCUT2D eigenvalue weighted by molar-refractivity contribution is 7.17. The minimum absolute atomic E-state index is 0.273. The van der Waals surface area contributed by atoms with Crippen molar-refractivity contribution in [1.29, 1.82) is 10.5 Å². The third-order valence-corrected chi connectivity index (χ3v) is 4.16. The van der Waals surface area contributed by atoms with Crippen molar-refractivity contribution in [2.75, 3.05) is 17.6 Å². The lowest BCUT2D eigenvalue weighted by molar-refractivity contribution is 0.806. The minimum Gasteiger partial charge on any atom is -0.396 e. The molecule has 1 unspecified atom stereocenters. The molecule has 2 rings (SSSR count). The van der Waals surface area contributed by atoms with Crippen molar-refractivity contribution in [3.05, 3.63) is 46.3 Å². The summed E-state index contributed by atoms with van der Waals surface area (Å²) in [6.45, 7) is 2.79. The molecule has 4 nitrogen and oxygen atoms in total. The number of hydrogen-bond acceptors (Lipinski definition) is 5. The molecule has 1 heterocycles. The van der Waals surface area contributed by atoms with Crippen LogP contribution in [0.15, 0.2) is 30.3 Å². The van der Waals surface area contributed by atoms with Crippen molar-refractivity contribution < 1.29 is 0 Å². The minimum atomic E-state index is 0.273. The first kappa shape index (κ1) is 13.9. The monoisotopic (exact) mass is 282 g/mol. The van der Waals surface area contributed by atoms with Crippen molar-refractivity contribution in [1.82, 2.24) is 0 Å². The summed E-state index contributed by atoms with van der Waals surface area (Å²) in [5.41, 5.74) is 7.63. The number of hydrogen-bond donors (Lipinski definition) is 2. The highest BCUT2D eigenvalue weighted by Gasteiger charge is 2.16. The van der Waals surface area contributed by atoms with Gasteiger partial charge in [-0.3, -0.25) is 0 Å². The van der Waals surface area contributed by atoms with Crippen LogP contribution >= 0.6 is 11.3 Å². The van der Waals surface area contributed by atoms with E-state index in [9.17, 15) is 0 Å². The molecule has 1 atom stereocenters. The van der Waals surface area contributed by atoms with Crippen molar-refractivity contribution >= 4 is 22.0 Å². The SMILES string of the molecule is CC(CNc1sc(C#N)c(N)c1C#N)c1ccccc1. The first-order valence-corrected chi connectivity index (χ1v) is 7.00. The molecule has 1 aromatic heterocycles. The average Bonchev–Trinajstić information content (AvgIpc) is 2.81. The smallest absolute Gasteiger partial charge is 0.131 e. The van der Waals surface area contributed by atoms with E-state index in [0.717, 1.165) is 0 Å². The average molecular weight is 282 g/mol. The van der Waals surface area contributed by atoms with Crippen molar-refractivity contribution in [3.63, 3.8) is 0 Å². The van der Waals surface area contributed by atoms with Gasteiger partial charge in [0.1, 0.15) is 27.6 Å². The molecule has 0 saturated carbocycles. The summed E-state index contributed by atoms with van der Waals surface area (Å²) in [6, 6.07) is 14.2. The van der Waals surface area contributed by atoms with Crippen LogP contribution in [0.3, 0.4) is 0 Å². The van der Waals surface area contributed by atoms with Gasteiger partial charge >= 0.3 is 0 Å². The number of benzene rings is 1. The third-order valence-electron chi connectivity index (χ3n) is 3.10. The second kappa shape index (κ2) is 6.10. The molecule has 1 aromatic carbocycles. The molecular formula is C15H14N4S. The molecule has 0 aliphatic rings. The first-order chi connectivity index (χ1) is 9.67. The van der Waals surface area contributed by atoms with Gasteiger partial charge in [-0.2, -0.15) is 10.5 Å². The highest BCUT2D eigenvalue weighted by atomic mass is 32.1. The van der Waals surface area contributed by atoms with Gasteiger partial charge in [0, 0.05) is 6.54 Å². The summed E-state index contributed by atoms with van der Waals surface area (Å²) in [5, 5.41) is 22.0. The lowest BCUT2D eigenvalue weighted by Gasteiger charge is -2.13. The maximum atomic E-state index is 9.12. The lowest BCUT2D eigenvalue weighted by Crippen LogP contribution is -2.09. The van der Waals surface area contributed by atoms with Crippen molar-refractivity contribution in [2.24, 2.45) is 0 Å². The Balaban J connectivity index is 2.13. The van der Waals surface area contributed by atoms with Crippen LogP contribution in [0.5, 0.6) is 0 Å². The maximum absolute atomic E-state index is 9.12. The molecule has 2 aromatic rings. The molecule has 5 heteroatoms. The van der Waals surface area contributed by atoms with Gasteiger partial charge in [0.25, 0.3) is 0 Å². The van der Waals surface area contributed by atoms with E-state index >= 15 is 0 Å². The van der Waals surface area contributed by atoms with E-state index < -0.39 is 0 Å². The van der Waals surface area contributed by atoms with Crippen molar-refractivity contribution in [3.8, 4) is 12.1 Å². The second-order valence-electron chi connectivity index (χ2n) is 4.47. The van der Waals surface area contributed by atoms with E-state index in [1.54, 1.807) is 0 Å². The number of thiophene rings is 1. The Hall–Kier alpha value is -2.50. The predicted molar refractivity (Wildman–Crippen MR) is 81.5 cm³/mol. The number of nitrogen functional groups attached to an aromatic ring is 1. The highest BCUT2D eigenvalue weighted by Crippen LogP contribution is 2.34. The van der Waals surface area contributed by atoms with Crippen LogP contribution in [-0.2, 0) is 0 Å². The fourth-order valence-electron chi connectivity index (χ4n) is 1.91. The standard InChI is InChI=1S/C15H14N4S/c1-10(11-5-3-2-4-6-11)9-19-15-12(7-16)14(18)13(8-17)20-15/h2-6,10,19H,9,18H2,1H3. The van der Waals surface area contributed by atoms with Crippen LogP contribution in [0.25, 0.3) is 0 Å². The van der Waals surface area contributed by atoms with E-state index in [4.69, 9.17) is 16.3 Å². The van der Waals surface area contributed by atoms with Crippen LogP contribution in [0.4, 0.5) is 10.7 Å². The number of anilines is 2. The Morgan fingerprint density at radius 2 is 1.95 bits per heavy atom. The molecule has 20 heavy (non-hydrogen) atoms. The Bertz CT molecular complexity index is 676. The fourth-order valence-corrected chi connectivity index (χ4v) is 2.78. The molecule has 0 radical (unpaired) electrons. The zero-order valence-corrected chi connectivity index (χ0v) is 11.9. The van der Waals surface area contributed by atoms with E-state index in [2.05, 4.69) is 30.4 Å². The summed E-state index contributed by atoms with van der Waals surface area (Å²) in [6.07, 6.45) is 0. The van der Waals surface area contributed by atoms with E-state index in [1.807, 2.05) is 24.3 Å². The summed E-state index contributed by atoms with van der Waals surface area (Å²) >= 11 is 1.23. The van der Waals surface area contributed by atoms with E-state index in [1.165, 1.54) is 16.9 Å². The third kappa shape index (κ3) is 2.74. The van der Waals surface area contributed by atoms with E-state index in [-0.39, 0.29) is 5.69 Å².